The van der Waals surface area contributed by atoms with Crippen LogP contribution in [0.15, 0.2) is 35.9 Å². The van der Waals surface area contributed by atoms with Crippen molar-refractivity contribution in [2.24, 2.45) is 0 Å². The summed E-state index contributed by atoms with van der Waals surface area (Å²) in [6.45, 7) is 0.631. The highest BCUT2D eigenvalue weighted by Crippen LogP contribution is 2.34. The summed E-state index contributed by atoms with van der Waals surface area (Å²) in [6.07, 6.45) is 1.59. The summed E-state index contributed by atoms with van der Waals surface area (Å²) in [5, 5.41) is 9.26. The van der Waals surface area contributed by atoms with E-state index in [1.165, 1.54) is 4.90 Å². The molecule has 0 spiro atoms. The number of carbonyl (C=O) groups is 1. The number of nitrogens with zero attached hydrogens (tertiary/aromatic N) is 2. The number of likely N-dealkylation sites (N-methyl/N-ethyl adjacent to an activating group) is 1. The van der Waals surface area contributed by atoms with Gasteiger partial charge in [-0.15, -0.1) is 0 Å². The SMILES string of the molecule is CN(C)C(=O)/C(C#N)=C\c1cc(I)c(OCc2ccc3c(c2)OCO3)c(I)c1. The molecule has 1 amide bonds. The van der Waals surface area contributed by atoms with E-state index >= 15 is 0 Å². The number of rotatable bonds is 5. The highest BCUT2D eigenvalue weighted by Gasteiger charge is 2.15. The third-order valence-corrected chi connectivity index (χ3v) is 5.51. The molecule has 0 aromatic heterocycles. The number of amides is 1. The molecular weight excluding hydrogens is 586 g/mol. The lowest BCUT2D eigenvalue weighted by atomic mass is 10.1. The lowest BCUT2D eigenvalue weighted by Gasteiger charge is -2.12. The molecule has 2 aromatic rings. The monoisotopic (exact) mass is 602 g/mol. The minimum absolute atomic E-state index is 0.0885. The Labute approximate surface area is 190 Å². The highest BCUT2D eigenvalue weighted by molar-refractivity contribution is 14.1. The van der Waals surface area contributed by atoms with Gasteiger partial charge < -0.3 is 19.1 Å². The fraction of sp³-hybridized carbons (Fsp3) is 0.200. The van der Waals surface area contributed by atoms with Crippen molar-refractivity contribution in [2.75, 3.05) is 20.9 Å². The first-order valence-electron chi connectivity index (χ1n) is 8.23. The minimum atomic E-state index is -0.323. The third-order valence-electron chi connectivity index (χ3n) is 3.91. The molecule has 1 heterocycles. The lowest BCUT2D eigenvalue weighted by molar-refractivity contribution is -0.124. The van der Waals surface area contributed by atoms with Crippen LogP contribution < -0.4 is 14.2 Å². The number of ether oxygens (including phenoxy) is 3. The van der Waals surface area contributed by atoms with E-state index in [1.54, 1.807) is 20.2 Å². The summed E-state index contributed by atoms with van der Waals surface area (Å²) < 4.78 is 18.5. The average Bonchev–Trinajstić information content (AvgIpc) is 3.12. The molecule has 2 aromatic carbocycles. The van der Waals surface area contributed by atoms with Gasteiger partial charge in [-0.3, -0.25) is 4.79 Å². The minimum Gasteiger partial charge on any atom is -0.487 e. The molecule has 6 nitrogen and oxygen atoms in total. The van der Waals surface area contributed by atoms with E-state index in [0.29, 0.717) is 6.61 Å². The van der Waals surface area contributed by atoms with Crippen molar-refractivity contribution in [3.8, 4) is 23.3 Å². The molecule has 8 heteroatoms. The molecule has 0 bridgehead atoms. The Hall–Kier alpha value is -2.00. The van der Waals surface area contributed by atoms with E-state index in [-0.39, 0.29) is 18.3 Å². The summed E-state index contributed by atoms with van der Waals surface area (Å²) in [6, 6.07) is 11.5. The van der Waals surface area contributed by atoms with Crippen molar-refractivity contribution in [3.05, 3.63) is 54.2 Å². The van der Waals surface area contributed by atoms with E-state index in [4.69, 9.17) is 14.2 Å². The van der Waals surface area contributed by atoms with Crippen LogP contribution in [0, 0.1) is 18.5 Å². The van der Waals surface area contributed by atoms with Crippen LogP contribution in [0.4, 0.5) is 0 Å². The standard InChI is InChI=1S/C20H16I2N2O4/c1-24(2)20(25)14(9-23)5-13-6-15(21)19(16(22)7-13)26-10-12-3-4-17-18(8-12)28-11-27-17/h3-8H,10-11H2,1-2H3/b14-5-. The van der Waals surface area contributed by atoms with Gasteiger partial charge in [-0.1, -0.05) is 6.07 Å². The molecule has 0 N–H and O–H groups in total. The second-order valence-electron chi connectivity index (χ2n) is 6.16. The van der Waals surface area contributed by atoms with Gasteiger partial charge in [0.25, 0.3) is 5.91 Å². The fourth-order valence-corrected chi connectivity index (χ4v) is 4.66. The van der Waals surface area contributed by atoms with Crippen LogP contribution in [0.5, 0.6) is 17.2 Å². The van der Waals surface area contributed by atoms with Gasteiger partial charge in [0.15, 0.2) is 11.5 Å². The summed E-state index contributed by atoms with van der Waals surface area (Å²) in [4.78, 5) is 13.4. The molecule has 144 valence electrons. The largest absolute Gasteiger partial charge is 0.487 e. The van der Waals surface area contributed by atoms with E-state index in [9.17, 15) is 10.1 Å². The van der Waals surface area contributed by atoms with E-state index in [2.05, 4.69) is 45.2 Å². The zero-order chi connectivity index (χ0) is 20.3. The Morgan fingerprint density at radius 3 is 2.54 bits per heavy atom. The Bertz CT molecular complexity index is 973. The number of halogens is 2. The quantitative estimate of drug-likeness (QED) is 0.292. The first-order valence-corrected chi connectivity index (χ1v) is 10.4. The van der Waals surface area contributed by atoms with Crippen LogP contribution >= 0.6 is 45.2 Å². The van der Waals surface area contributed by atoms with E-state index in [1.807, 2.05) is 36.4 Å². The summed E-state index contributed by atoms with van der Waals surface area (Å²) >= 11 is 4.38. The Kier molecular flexibility index (Phi) is 6.66. The first-order chi connectivity index (χ1) is 13.4. The molecule has 3 rings (SSSR count). The summed E-state index contributed by atoms with van der Waals surface area (Å²) in [7, 11) is 3.24. The van der Waals surface area contributed by atoms with Crippen LogP contribution in [0.25, 0.3) is 6.08 Å². The number of hydrogen-bond donors (Lipinski definition) is 0. The zero-order valence-electron chi connectivity index (χ0n) is 15.2. The number of nitriles is 1. The number of carbonyl (C=O) groups excluding carboxylic acids is 1. The van der Waals surface area contributed by atoms with Crippen LogP contribution in [0.3, 0.4) is 0 Å². The summed E-state index contributed by atoms with van der Waals surface area (Å²) in [5.74, 6) is 1.90. The number of fused-ring (bicyclic) bond motifs is 1. The molecule has 0 radical (unpaired) electrons. The maximum atomic E-state index is 12.0. The second-order valence-corrected chi connectivity index (χ2v) is 8.48. The van der Waals surface area contributed by atoms with Crippen molar-refractivity contribution in [3.63, 3.8) is 0 Å². The summed E-state index contributed by atoms with van der Waals surface area (Å²) in [5.41, 5.74) is 1.84. The number of hydrogen-bond acceptors (Lipinski definition) is 5. The fourth-order valence-electron chi connectivity index (χ4n) is 2.54. The van der Waals surface area contributed by atoms with Gasteiger partial charge in [0.05, 0.1) is 7.14 Å². The Morgan fingerprint density at radius 2 is 1.89 bits per heavy atom. The molecule has 1 aliphatic heterocycles. The van der Waals surface area contributed by atoms with Gasteiger partial charge in [-0.05, 0) is 86.7 Å². The normalized spacial score (nSPS) is 12.5. The van der Waals surface area contributed by atoms with Crippen LogP contribution in [0.2, 0.25) is 0 Å². The van der Waals surface area contributed by atoms with Crippen molar-refractivity contribution in [1.82, 2.24) is 4.90 Å². The average molecular weight is 602 g/mol. The van der Waals surface area contributed by atoms with Crippen LogP contribution in [0.1, 0.15) is 11.1 Å². The van der Waals surface area contributed by atoms with Gasteiger partial charge in [-0.2, -0.15) is 5.26 Å². The second kappa shape index (κ2) is 9.00. The molecule has 0 saturated carbocycles. The van der Waals surface area contributed by atoms with Crippen molar-refractivity contribution in [1.29, 1.82) is 5.26 Å². The predicted octanol–water partition coefficient (Wildman–Crippen LogP) is 4.20. The van der Waals surface area contributed by atoms with Crippen LogP contribution in [-0.4, -0.2) is 31.7 Å². The smallest absolute Gasteiger partial charge is 0.264 e. The first kappa shape index (κ1) is 20.7. The van der Waals surface area contributed by atoms with Crippen molar-refractivity contribution in [2.45, 2.75) is 6.61 Å². The molecule has 0 saturated heterocycles. The van der Waals surface area contributed by atoms with Gasteiger partial charge in [-0.25, -0.2) is 0 Å². The molecular formula is C20H16I2N2O4. The van der Waals surface area contributed by atoms with E-state index < -0.39 is 0 Å². The number of benzene rings is 2. The van der Waals surface area contributed by atoms with Crippen molar-refractivity contribution < 1.29 is 19.0 Å². The Morgan fingerprint density at radius 1 is 1.21 bits per heavy atom. The third kappa shape index (κ3) is 4.70. The van der Waals surface area contributed by atoms with Gasteiger partial charge >= 0.3 is 0 Å². The highest BCUT2D eigenvalue weighted by atomic mass is 127. The maximum Gasteiger partial charge on any atom is 0.264 e. The van der Waals surface area contributed by atoms with Gasteiger partial charge in [0.1, 0.15) is 24.0 Å². The Balaban J connectivity index is 1.78. The zero-order valence-corrected chi connectivity index (χ0v) is 19.5. The maximum absolute atomic E-state index is 12.0. The van der Waals surface area contributed by atoms with Gasteiger partial charge in [0.2, 0.25) is 6.79 Å². The molecule has 0 aliphatic carbocycles. The van der Waals surface area contributed by atoms with E-state index in [0.717, 1.165) is 35.5 Å². The molecule has 1 aliphatic rings. The molecule has 0 atom stereocenters. The van der Waals surface area contributed by atoms with Crippen molar-refractivity contribution >= 4 is 57.2 Å². The lowest BCUT2D eigenvalue weighted by Crippen LogP contribution is -2.22. The molecule has 28 heavy (non-hydrogen) atoms. The van der Waals surface area contributed by atoms with Crippen LogP contribution in [-0.2, 0) is 11.4 Å². The van der Waals surface area contributed by atoms with Gasteiger partial charge in [0, 0.05) is 14.1 Å². The molecule has 0 unspecified atom stereocenters. The topological polar surface area (TPSA) is 71.8 Å². The molecule has 0 fully saturated rings. The predicted molar refractivity (Wildman–Crippen MR) is 121 cm³/mol.